The number of hydrogen-bond donors (Lipinski definition) is 0. The standard InChI is InChI=1S/C11H20O2/c1-3-6-11(12)13-10-8-5-4-7-9(10)2/h9-10H,3-8H2,1-2H3/t9-,10-/m0/s1. The molecule has 1 saturated carbocycles. The molecule has 0 aliphatic heterocycles. The minimum Gasteiger partial charge on any atom is -0.462 e. The minimum absolute atomic E-state index is 0.0127. The molecule has 1 aliphatic rings. The van der Waals surface area contributed by atoms with Gasteiger partial charge in [-0.15, -0.1) is 0 Å². The van der Waals surface area contributed by atoms with E-state index < -0.39 is 0 Å². The molecule has 0 aromatic rings. The van der Waals surface area contributed by atoms with Gasteiger partial charge >= 0.3 is 5.97 Å². The minimum atomic E-state index is -0.0127. The van der Waals surface area contributed by atoms with Crippen LogP contribution in [0.3, 0.4) is 0 Å². The normalized spacial score (nSPS) is 28.5. The number of hydrogen-bond acceptors (Lipinski definition) is 2. The summed E-state index contributed by atoms with van der Waals surface area (Å²) in [6.45, 7) is 4.19. The molecular weight excluding hydrogens is 164 g/mol. The molecule has 0 amide bonds. The van der Waals surface area contributed by atoms with Gasteiger partial charge in [-0.25, -0.2) is 0 Å². The Morgan fingerprint density at radius 3 is 2.69 bits per heavy atom. The smallest absolute Gasteiger partial charge is 0.306 e. The Hall–Kier alpha value is -0.530. The lowest BCUT2D eigenvalue weighted by Crippen LogP contribution is -2.28. The fourth-order valence-corrected chi connectivity index (χ4v) is 1.89. The maximum atomic E-state index is 11.2. The van der Waals surface area contributed by atoms with Crippen molar-refractivity contribution in [3.05, 3.63) is 0 Å². The number of carbonyl (C=O) groups is 1. The first-order chi connectivity index (χ1) is 6.24. The van der Waals surface area contributed by atoms with Crippen molar-refractivity contribution in [2.45, 2.75) is 58.5 Å². The number of carbonyl (C=O) groups excluding carboxylic acids is 1. The first-order valence-corrected chi connectivity index (χ1v) is 5.43. The molecule has 0 saturated heterocycles. The molecule has 1 fully saturated rings. The van der Waals surface area contributed by atoms with E-state index in [2.05, 4.69) is 6.92 Å². The fraction of sp³-hybridized carbons (Fsp3) is 0.909. The van der Waals surface area contributed by atoms with Crippen LogP contribution < -0.4 is 0 Å². The van der Waals surface area contributed by atoms with Crippen LogP contribution in [0.15, 0.2) is 0 Å². The quantitative estimate of drug-likeness (QED) is 0.630. The molecule has 2 atom stereocenters. The van der Waals surface area contributed by atoms with Gasteiger partial charge in [0.2, 0.25) is 0 Å². The van der Waals surface area contributed by atoms with Crippen molar-refractivity contribution in [1.82, 2.24) is 0 Å². The molecule has 0 N–H and O–H groups in total. The summed E-state index contributed by atoms with van der Waals surface area (Å²) in [6.07, 6.45) is 6.45. The lowest BCUT2D eigenvalue weighted by Gasteiger charge is -2.28. The lowest BCUT2D eigenvalue weighted by atomic mass is 9.88. The van der Waals surface area contributed by atoms with Crippen molar-refractivity contribution in [2.75, 3.05) is 0 Å². The molecule has 0 radical (unpaired) electrons. The Morgan fingerprint density at radius 1 is 1.38 bits per heavy atom. The van der Waals surface area contributed by atoms with E-state index in [4.69, 9.17) is 4.74 Å². The van der Waals surface area contributed by atoms with E-state index in [1.165, 1.54) is 19.3 Å². The Kier molecular flexibility index (Phi) is 4.26. The van der Waals surface area contributed by atoms with E-state index in [9.17, 15) is 4.79 Å². The van der Waals surface area contributed by atoms with Gasteiger partial charge in [0.05, 0.1) is 0 Å². The summed E-state index contributed by atoms with van der Waals surface area (Å²) in [5.41, 5.74) is 0. The number of ether oxygens (including phenoxy) is 1. The van der Waals surface area contributed by atoms with Crippen molar-refractivity contribution in [3.63, 3.8) is 0 Å². The predicted octanol–water partition coefficient (Wildman–Crippen LogP) is 2.91. The van der Waals surface area contributed by atoms with Crippen LogP contribution in [0.1, 0.15) is 52.4 Å². The number of rotatable bonds is 3. The van der Waals surface area contributed by atoms with E-state index in [0.717, 1.165) is 12.8 Å². The van der Waals surface area contributed by atoms with Gasteiger partial charge in [0.25, 0.3) is 0 Å². The van der Waals surface area contributed by atoms with Gasteiger partial charge in [0, 0.05) is 6.42 Å². The molecule has 0 heterocycles. The topological polar surface area (TPSA) is 26.3 Å². The second-order valence-electron chi connectivity index (χ2n) is 4.04. The summed E-state index contributed by atoms with van der Waals surface area (Å²) in [7, 11) is 0. The molecular formula is C11H20O2. The molecule has 0 spiro atoms. The van der Waals surface area contributed by atoms with Gasteiger partial charge in [-0.05, 0) is 31.6 Å². The van der Waals surface area contributed by atoms with Crippen LogP contribution in [-0.4, -0.2) is 12.1 Å². The van der Waals surface area contributed by atoms with Gasteiger partial charge in [-0.2, -0.15) is 0 Å². The first kappa shape index (κ1) is 10.6. The third kappa shape index (κ3) is 3.37. The van der Waals surface area contributed by atoms with E-state index in [1.807, 2.05) is 6.92 Å². The second-order valence-corrected chi connectivity index (χ2v) is 4.04. The molecule has 0 unspecified atom stereocenters. The molecule has 76 valence electrons. The van der Waals surface area contributed by atoms with E-state index in [0.29, 0.717) is 12.3 Å². The highest BCUT2D eigenvalue weighted by atomic mass is 16.5. The zero-order valence-corrected chi connectivity index (χ0v) is 8.71. The van der Waals surface area contributed by atoms with Gasteiger partial charge in [0.1, 0.15) is 6.10 Å². The first-order valence-electron chi connectivity index (χ1n) is 5.43. The van der Waals surface area contributed by atoms with Crippen molar-refractivity contribution in [1.29, 1.82) is 0 Å². The molecule has 1 aliphatic carbocycles. The van der Waals surface area contributed by atoms with Crippen LogP contribution in [0.2, 0.25) is 0 Å². The van der Waals surface area contributed by atoms with E-state index in [1.54, 1.807) is 0 Å². The predicted molar refractivity (Wildman–Crippen MR) is 52.4 cm³/mol. The maximum Gasteiger partial charge on any atom is 0.306 e. The summed E-state index contributed by atoms with van der Waals surface area (Å²) >= 11 is 0. The third-order valence-corrected chi connectivity index (χ3v) is 2.77. The van der Waals surface area contributed by atoms with Crippen LogP contribution in [-0.2, 0) is 9.53 Å². The van der Waals surface area contributed by atoms with Gasteiger partial charge < -0.3 is 4.74 Å². The van der Waals surface area contributed by atoms with Crippen LogP contribution in [0.25, 0.3) is 0 Å². The van der Waals surface area contributed by atoms with Gasteiger partial charge in [0.15, 0.2) is 0 Å². The van der Waals surface area contributed by atoms with Crippen molar-refractivity contribution >= 4 is 5.97 Å². The molecule has 0 aromatic heterocycles. The molecule has 13 heavy (non-hydrogen) atoms. The Balaban J connectivity index is 2.29. The Labute approximate surface area is 80.7 Å². The molecule has 2 nitrogen and oxygen atoms in total. The Morgan fingerprint density at radius 2 is 2.08 bits per heavy atom. The lowest BCUT2D eigenvalue weighted by molar-refractivity contribution is -0.153. The highest BCUT2D eigenvalue weighted by Crippen LogP contribution is 2.26. The fourth-order valence-electron chi connectivity index (χ4n) is 1.89. The van der Waals surface area contributed by atoms with Crippen molar-refractivity contribution in [2.24, 2.45) is 5.92 Å². The second kappa shape index (κ2) is 5.25. The average Bonchev–Trinajstić information content (AvgIpc) is 2.09. The summed E-state index contributed by atoms with van der Waals surface area (Å²) in [5.74, 6) is 0.552. The summed E-state index contributed by atoms with van der Waals surface area (Å²) in [6, 6.07) is 0. The molecule has 1 rings (SSSR count). The average molecular weight is 184 g/mol. The SMILES string of the molecule is CCCC(=O)O[C@H]1CCCC[C@@H]1C. The van der Waals surface area contributed by atoms with Crippen molar-refractivity contribution in [3.8, 4) is 0 Å². The highest BCUT2D eigenvalue weighted by molar-refractivity contribution is 5.69. The highest BCUT2D eigenvalue weighted by Gasteiger charge is 2.24. The third-order valence-electron chi connectivity index (χ3n) is 2.77. The molecule has 2 heteroatoms. The molecule has 0 bridgehead atoms. The summed E-state index contributed by atoms with van der Waals surface area (Å²) in [5, 5.41) is 0. The van der Waals surface area contributed by atoms with Crippen LogP contribution in [0, 0.1) is 5.92 Å². The van der Waals surface area contributed by atoms with Crippen LogP contribution in [0.4, 0.5) is 0 Å². The van der Waals surface area contributed by atoms with Gasteiger partial charge in [-0.3, -0.25) is 4.79 Å². The summed E-state index contributed by atoms with van der Waals surface area (Å²) in [4.78, 5) is 11.2. The van der Waals surface area contributed by atoms with Gasteiger partial charge in [-0.1, -0.05) is 20.3 Å². The zero-order chi connectivity index (χ0) is 9.68. The van der Waals surface area contributed by atoms with Crippen molar-refractivity contribution < 1.29 is 9.53 Å². The maximum absolute atomic E-state index is 11.2. The van der Waals surface area contributed by atoms with E-state index >= 15 is 0 Å². The zero-order valence-electron chi connectivity index (χ0n) is 8.71. The monoisotopic (exact) mass is 184 g/mol. The van der Waals surface area contributed by atoms with E-state index in [-0.39, 0.29) is 12.1 Å². The summed E-state index contributed by atoms with van der Waals surface area (Å²) < 4.78 is 5.41. The van der Waals surface area contributed by atoms with Crippen LogP contribution >= 0.6 is 0 Å². The van der Waals surface area contributed by atoms with Crippen LogP contribution in [0.5, 0.6) is 0 Å². The largest absolute Gasteiger partial charge is 0.462 e. The molecule has 0 aromatic carbocycles. The number of esters is 1. The Bertz CT molecular complexity index is 165.